The zero-order chi connectivity index (χ0) is 20.2. The number of para-hydroxylation sites is 2. The summed E-state index contributed by atoms with van der Waals surface area (Å²) in [6.07, 6.45) is 0.784. The number of aromatic nitrogens is 4. The van der Waals surface area contributed by atoms with Crippen LogP contribution in [0.1, 0.15) is 17.8 Å². The molecule has 0 saturated carbocycles. The highest BCUT2D eigenvalue weighted by atomic mass is 35.5. The standard InChI is InChI=1S/C20H18ClN5O2S/c1-2-19-24-25-20(29-19)23-18(27)11-26-16-6-4-3-5-15(16)22-17(26)12-28-14-9-7-13(21)8-10-14/h3-10H,2,11-12H2,1H3,(H,23,25,27). The summed E-state index contributed by atoms with van der Waals surface area (Å²) in [5, 5.41) is 12.9. The fourth-order valence-electron chi connectivity index (χ4n) is 2.84. The average molecular weight is 428 g/mol. The molecule has 0 atom stereocenters. The maximum absolute atomic E-state index is 12.6. The molecule has 0 saturated heterocycles. The Morgan fingerprint density at radius 1 is 1.17 bits per heavy atom. The molecular weight excluding hydrogens is 410 g/mol. The lowest BCUT2D eigenvalue weighted by atomic mass is 10.3. The Balaban J connectivity index is 1.54. The van der Waals surface area contributed by atoms with Crippen molar-refractivity contribution in [2.24, 2.45) is 0 Å². The van der Waals surface area contributed by atoms with E-state index in [0.29, 0.717) is 21.7 Å². The van der Waals surface area contributed by atoms with Gasteiger partial charge in [-0.2, -0.15) is 0 Å². The van der Waals surface area contributed by atoms with E-state index >= 15 is 0 Å². The largest absolute Gasteiger partial charge is 0.486 e. The minimum absolute atomic E-state index is 0.0981. The predicted octanol–water partition coefficient (Wildman–Crippen LogP) is 4.32. The van der Waals surface area contributed by atoms with Crippen molar-refractivity contribution < 1.29 is 9.53 Å². The van der Waals surface area contributed by atoms with Crippen LogP contribution in [-0.2, 0) is 24.4 Å². The van der Waals surface area contributed by atoms with Gasteiger partial charge in [0, 0.05) is 5.02 Å². The van der Waals surface area contributed by atoms with Crippen LogP contribution in [0, 0.1) is 0 Å². The van der Waals surface area contributed by atoms with Gasteiger partial charge >= 0.3 is 0 Å². The molecule has 148 valence electrons. The van der Waals surface area contributed by atoms with Crippen molar-refractivity contribution >= 4 is 45.0 Å². The van der Waals surface area contributed by atoms with Crippen molar-refractivity contribution in [3.8, 4) is 5.75 Å². The number of hydrogen-bond donors (Lipinski definition) is 1. The summed E-state index contributed by atoms with van der Waals surface area (Å²) in [5.41, 5.74) is 1.67. The van der Waals surface area contributed by atoms with Gasteiger partial charge in [-0.05, 0) is 42.8 Å². The third kappa shape index (κ3) is 4.55. The first kappa shape index (κ1) is 19.4. The number of rotatable bonds is 7. The van der Waals surface area contributed by atoms with Gasteiger partial charge in [0.15, 0.2) is 0 Å². The van der Waals surface area contributed by atoms with Crippen LogP contribution < -0.4 is 10.1 Å². The number of aryl methyl sites for hydroxylation is 1. The molecule has 2 aromatic heterocycles. The summed E-state index contributed by atoms with van der Waals surface area (Å²) in [4.78, 5) is 17.2. The number of imidazole rings is 1. The number of amides is 1. The second-order valence-electron chi connectivity index (χ2n) is 6.25. The van der Waals surface area contributed by atoms with Crippen molar-refractivity contribution in [2.45, 2.75) is 26.5 Å². The monoisotopic (exact) mass is 427 g/mol. The molecule has 0 fully saturated rings. The maximum atomic E-state index is 12.6. The van der Waals surface area contributed by atoms with E-state index in [1.165, 1.54) is 11.3 Å². The van der Waals surface area contributed by atoms with E-state index in [2.05, 4.69) is 20.5 Å². The maximum Gasteiger partial charge on any atom is 0.246 e. The second kappa shape index (κ2) is 8.59. The zero-order valence-corrected chi connectivity index (χ0v) is 17.2. The molecule has 0 unspecified atom stereocenters. The van der Waals surface area contributed by atoms with Gasteiger partial charge in [-0.1, -0.05) is 42.0 Å². The van der Waals surface area contributed by atoms with Crippen LogP contribution in [0.15, 0.2) is 48.5 Å². The molecule has 2 heterocycles. The Morgan fingerprint density at radius 3 is 2.72 bits per heavy atom. The number of benzene rings is 2. The van der Waals surface area contributed by atoms with Crippen LogP contribution >= 0.6 is 22.9 Å². The summed E-state index contributed by atoms with van der Waals surface area (Å²) in [7, 11) is 0. The summed E-state index contributed by atoms with van der Waals surface area (Å²) >= 11 is 7.29. The molecule has 4 rings (SSSR count). The molecule has 29 heavy (non-hydrogen) atoms. The number of ether oxygens (including phenoxy) is 1. The Morgan fingerprint density at radius 2 is 1.97 bits per heavy atom. The second-order valence-corrected chi connectivity index (χ2v) is 7.75. The molecule has 0 radical (unpaired) electrons. The third-order valence-corrected chi connectivity index (χ3v) is 5.47. The number of carbonyl (C=O) groups is 1. The minimum atomic E-state index is -0.195. The highest BCUT2D eigenvalue weighted by molar-refractivity contribution is 7.15. The van der Waals surface area contributed by atoms with Crippen molar-refractivity contribution in [3.63, 3.8) is 0 Å². The number of halogens is 1. The van der Waals surface area contributed by atoms with Gasteiger partial charge < -0.3 is 9.30 Å². The summed E-state index contributed by atoms with van der Waals surface area (Å²) in [5.74, 6) is 1.14. The first-order valence-electron chi connectivity index (χ1n) is 9.07. The summed E-state index contributed by atoms with van der Waals surface area (Å²) < 4.78 is 7.69. The van der Waals surface area contributed by atoms with Crippen LogP contribution in [0.3, 0.4) is 0 Å². The van der Waals surface area contributed by atoms with E-state index in [9.17, 15) is 4.79 Å². The van der Waals surface area contributed by atoms with Crippen LogP contribution in [0.4, 0.5) is 5.13 Å². The molecule has 0 spiro atoms. The number of hydrogen-bond acceptors (Lipinski definition) is 6. The minimum Gasteiger partial charge on any atom is -0.486 e. The molecule has 1 amide bonds. The van der Waals surface area contributed by atoms with Crippen LogP contribution in [0.25, 0.3) is 11.0 Å². The number of nitrogens with one attached hydrogen (secondary N) is 1. The fraction of sp³-hybridized carbons (Fsp3) is 0.200. The van der Waals surface area contributed by atoms with Crippen molar-refractivity contribution in [1.82, 2.24) is 19.7 Å². The van der Waals surface area contributed by atoms with Gasteiger partial charge in [0.1, 0.15) is 29.7 Å². The van der Waals surface area contributed by atoms with E-state index < -0.39 is 0 Å². The smallest absolute Gasteiger partial charge is 0.246 e. The molecule has 2 aromatic carbocycles. The molecule has 0 bridgehead atoms. The molecule has 1 N–H and O–H groups in total. The Bertz CT molecular complexity index is 1140. The SMILES string of the molecule is CCc1nnc(NC(=O)Cn2c(COc3ccc(Cl)cc3)nc3ccccc32)s1. The van der Waals surface area contributed by atoms with E-state index in [1.807, 2.05) is 35.8 Å². The highest BCUT2D eigenvalue weighted by Gasteiger charge is 2.15. The topological polar surface area (TPSA) is 81.9 Å². The lowest BCUT2D eigenvalue weighted by Gasteiger charge is -2.10. The molecule has 0 aliphatic carbocycles. The van der Waals surface area contributed by atoms with Gasteiger partial charge in [0.05, 0.1) is 11.0 Å². The van der Waals surface area contributed by atoms with Crippen LogP contribution in [0.5, 0.6) is 5.75 Å². The Labute approximate surface area is 176 Å². The highest BCUT2D eigenvalue weighted by Crippen LogP contribution is 2.21. The average Bonchev–Trinajstić information content (AvgIpc) is 3.32. The van der Waals surface area contributed by atoms with Crippen LogP contribution in [-0.4, -0.2) is 25.7 Å². The van der Waals surface area contributed by atoms with E-state index in [4.69, 9.17) is 16.3 Å². The van der Waals surface area contributed by atoms with Gasteiger partial charge in [-0.25, -0.2) is 4.98 Å². The first-order valence-corrected chi connectivity index (χ1v) is 10.3. The third-order valence-electron chi connectivity index (χ3n) is 4.23. The molecule has 9 heteroatoms. The fourth-order valence-corrected chi connectivity index (χ4v) is 3.66. The molecule has 4 aromatic rings. The van der Waals surface area contributed by atoms with E-state index in [-0.39, 0.29) is 19.1 Å². The summed E-state index contributed by atoms with van der Waals surface area (Å²) in [6.45, 7) is 2.32. The Hall–Kier alpha value is -2.97. The van der Waals surface area contributed by atoms with Crippen molar-refractivity contribution in [2.75, 3.05) is 5.32 Å². The predicted molar refractivity (Wildman–Crippen MR) is 113 cm³/mol. The lowest BCUT2D eigenvalue weighted by molar-refractivity contribution is -0.116. The van der Waals surface area contributed by atoms with E-state index in [0.717, 1.165) is 22.5 Å². The zero-order valence-electron chi connectivity index (χ0n) is 15.6. The normalized spacial score (nSPS) is 11.0. The number of anilines is 1. The van der Waals surface area contributed by atoms with E-state index in [1.54, 1.807) is 24.3 Å². The molecule has 7 nitrogen and oxygen atoms in total. The van der Waals surface area contributed by atoms with Gasteiger partial charge in [0.2, 0.25) is 11.0 Å². The van der Waals surface area contributed by atoms with Gasteiger partial charge in [0.25, 0.3) is 0 Å². The lowest BCUT2D eigenvalue weighted by Crippen LogP contribution is -2.20. The molecule has 0 aliphatic rings. The number of nitrogens with zero attached hydrogens (tertiary/aromatic N) is 4. The Kier molecular flexibility index (Phi) is 5.73. The summed E-state index contributed by atoms with van der Waals surface area (Å²) in [6, 6.07) is 14.8. The molecule has 0 aliphatic heterocycles. The van der Waals surface area contributed by atoms with Crippen molar-refractivity contribution in [1.29, 1.82) is 0 Å². The quantitative estimate of drug-likeness (QED) is 0.475. The van der Waals surface area contributed by atoms with Crippen LogP contribution in [0.2, 0.25) is 5.02 Å². The first-order chi connectivity index (χ1) is 14.1. The van der Waals surface area contributed by atoms with Gasteiger partial charge in [-0.3, -0.25) is 10.1 Å². The molecular formula is C20H18ClN5O2S. The van der Waals surface area contributed by atoms with Crippen molar-refractivity contribution in [3.05, 3.63) is 64.4 Å². The number of carbonyl (C=O) groups excluding carboxylic acids is 1. The number of fused-ring (bicyclic) bond motifs is 1. The van der Waals surface area contributed by atoms with Gasteiger partial charge in [-0.15, -0.1) is 10.2 Å².